The molecule has 0 bridgehead atoms. The third-order valence-corrected chi connectivity index (χ3v) is 7.30. The normalized spacial score (nSPS) is 14.3. The van der Waals surface area contributed by atoms with Gasteiger partial charge in [0.15, 0.2) is 11.0 Å². The summed E-state index contributed by atoms with van der Waals surface area (Å²) in [4.78, 5) is 16.5. The zero-order valence-corrected chi connectivity index (χ0v) is 21.0. The predicted octanol–water partition coefficient (Wildman–Crippen LogP) is 4.35. The maximum atomic E-state index is 12.0. The van der Waals surface area contributed by atoms with Gasteiger partial charge in [0.05, 0.1) is 30.5 Å². The van der Waals surface area contributed by atoms with Crippen LogP contribution in [0, 0.1) is 0 Å². The van der Waals surface area contributed by atoms with Gasteiger partial charge in [-0.3, -0.25) is 0 Å². The van der Waals surface area contributed by atoms with Crippen molar-refractivity contribution in [2.75, 3.05) is 22.9 Å². The average Bonchev–Trinajstić information content (AvgIpc) is 3.35. The van der Waals surface area contributed by atoms with Crippen LogP contribution in [0.4, 0.5) is 11.4 Å². The minimum atomic E-state index is -1.12. The average molecular weight is 489 g/mol. The van der Waals surface area contributed by atoms with Gasteiger partial charge in [0, 0.05) is 23.9 Å². The Balaban J connectivity index is 1.65. The van der Waals surface area contributed by atoms with E-state index in [4.69, 9.17) is 0 Å². The van der Waals surface area contributed by atoms with Crippen LogP contribution in [0.25, 0.3) is 38.7 Å². The van der Waals surface area contributed by atoms with Crippen molar-refractivity contribution in [2.24, 2.45) is 7.05 Å². The highest BCUT2D eigenvalue weighted by atomic mass is 16.4. The largest absolute Gasteiger partial charge is 0.546 e. The molecule has 1 aromatic heterocycles. The summed E-state index contributed by atoms with van der Waals surface area (Å²) in [5.41, 5.74) is 4.12. The van der Waals surface area contributed by atoms with Gasteiger partial charge in [0.1, 0.15) is 12.4 Å². The maximum absolute atomic E-state index is 12.0. The number of aliphatic carboxylic acids is 1. The first-order valence-electron chi connectivity index (χ1n) is 12.5. The Bertz CT molecular complexity index is 1750. The molecule has 6 rings (SSSR count). The van der Waals surface area contributed by atoms with Crippen LogP contribution in [0.5, 0.6) is 0 Å². The van der Waals surface area contributed by atoms with E-state index in [0.29, 0.717) is 6.54 Å². The van der Waals surface area contributed by atoms with Crippen LogP contribution >= 0.6 is 0 Å². The molecule has 0 amide bonds. The maximum Gasteiger partial charge on any atom is 0.286 e. The fourth-order valence-electron chi connectivity index (χ4n) is 5.72. The molecule has 1 aliphatic rings. The number of imidazole rings is 1. The Labute approximate surface area is 215 Å². The van der Waals surface area contributed by atoms with Gasteiger partial charge in [0.2, 0.25) is 0 Å². The SMILES string of the molecule is C=CCN1C(=Cc2n(C)c3ccc4ccccc4c3[n+]2CC(=O)[O-])N(CC)c2c1ccc1ccccc21. The fourth-order valence-corrected chi connectivity index (χ4v) is 5.72. The van der Waals surface area contributed by atoms with Gasteiger partial charge < -0.3 is 19.7 Å². The second kappa shape index (κ2) is 8.82. The summed E-state index contributed by atoms with van der Waals surface area (Å²) < 4.78 is 3.93. The Morgan fingerprint density at radius 3 is 2.32 bits per heavy atom. The van der Waals surface area contributed by atoms with Crippen molar-refractivity contribution < 1.29 is 14.5 Å². The minimum Gasteiger partial charge on any atom is -0.546 e. The van der Waals surface area contributed by atoms with E-state index in [1.165, 1.54) is 10.8 Å². The van der Waals surface area contributed by atoms with Crippen LogP contribution in [0.2, 0.25) is 0 Å². The first-order valence-corrected chi connectivity index (χ1v) is 12.5. The van der Waals surface area contributed by atoms with E-state index in [-0.39, 0.29) is 6.54 Å². The second-order valence-corrected chi connectivity index (χ2v) is 9.33. The third-order valence-electron chi connectivity index (χ3n) is 7.30. The molecule has 0 spiro atoms. The number of benzene rings is 4. The van der Waals surface area contributed by atoms with E-state index in [0.717, 1.165) is 51.4 Å². The first-order chi connectivity index (χ1) is 18.0. The molecule has 0 N–H and O–H groups in total. The number of carboxylic acid groups (broad SMARTS) is 1. The van der Waals surface area contributed by atoms with Gasteiger partial charge in [-0.2, -0.15) is 0 Å². The zero-order valence-electron chi connectivity index (χ0n) is 21.0. The number of aryl methyl sites for hydroxylation is 1. The van der Waals surface area contributed by atoms with E-state index in [2.05, 4.69) is 82.5 Å². The summed E-state index contributed by atoms with van der Waals surface area (Å²) in [5, 5.41) is 16.4. The van der Waals surface area contributed by atoms with Gasteiger partial charge in [-0.25, -0.2) is 9.13 Å². The molecular formula is C31H28N4O2. The van der Waals surface area contributed by atoms with Crippen LogP contribution in [0.1, 0.15) is 12.7 Å². The number of carboxylic acids is 1. The number of aromatic nitrogens is 2. The van der Waals surface area contributed by atoms with Crippen LogP contribution in [0.15, 0.2) is 91.3 Å². The molecule has 0 radical (unpaired) electrons. The molecule has 5 aromatic rings. The fraction of sp³-hybridized carbons (Fsp3) is 0.161. The minimum absolute atomic E-state index is 0.242. The highest BCUT2D eigenvalue weighted by Crippen LogP contribution is 2.46. The van der Waals surface area contributed by atoms with E-state index < -0.39 is 5.97 Å². The summed E-state index contributed by atoms with van der Waals surface area (Å²) in [6.45, 7) is 7.29. The number of nitrogens with zero attached hydrogens (tertiary/aromatic N) is 4. The van der Waals surface area contributed by atoms with Crippen LogP contribution in [0.3, 0.4) is 0 Å². The number of fused-ring (bicyclic) bond motifs is 6. The molecule has 0 saturated heterocycles. The molecule has 1 aliphatic heterocycles. The standard InChI is InChI=1S/C31H28N4O2/c1-4-18-34-26-17-15-22-11-7-9-13-24(22)31(26)33(5-2)28(34)19-27-32(3)25-16-14-21-10-6-8-12-23(21)30(25)35(27)20-29(36)37/h4,6-17,19H,1,5,18,20H2,2-3H3. The monoisotopic (exact) mass is 488 g/mol. The number of carbonyl (C=O) groups is 1. The van der Waals surface area contributed by atoms with Crippen LogP contribution < -0.4 is 19.5 Å². The lowest BCUT2D eigenvalue weighted by Crippen LogP contribution is -2.46. The van der Waals surface area contributed by atoms with E-state index in [1.54, 1.807) is 0 Å². The summed E-state index contributed by atoms with van der Waals surface area (Å²) in [5.74, 6) is 0.646. The van der Waals surface area contributed by atoms with Crippen LogP contribution in [-0.4, -0.2) is 23.6 Å². The van der Waals surface area contributed by atoms with Crippen molar-refractivity contribution in [3.05, 3.63) is 97.1 Å². The molecule has 0 fully saturated rings. The Morgan fingerprint density at radius 1 is 0.946 bits per heavy atom. The molecule has 0 unspecified atom stereocenters. The quantitative estimate of drug-likeness (QED) is 0.263. The molecule has 6 heteroatoms. The summed E-state index contributed by atoms with van der Waals surface area (Å²) in [7, 11) is 1.99. The highest BCUT2D eigenvalue weighted by Gasteiger charge is 2.34. The van der Waals surface area contributed by atoms with Gasteiger partial charge in [-0.15, -0.1) is 6.58 Å². The lowest BCUT2D eigenvalue weighted by Gasteiger charge is -2.23. The summed E-state index contributed by atoms with van der Waals surface area (Å²) in [6, 6.07) is 24.9. The van der Waals surface area contributed by atoms with Gasteiger partial charge in [-0.05, 0) is 42.0 Å². The van der Waals surface area contributed by atoms with Crippen molar-refractivity contribution in [2.45, 2.75) is 13.5 Å². The van der Waals surface area contributed by atoms with Crippen LogP contribution in [-0.2, 0) is 18.4 Å². The number of carbonyl (C=O) groups excluding carboxylic acids is 1. The van der Waals surface area contributed by atoms with E-state index in [1.807, 2.05) is 42.0 Å². The summed E-state index contributed by atoms with van der Waals surface area (Å²) >= 11 is 0. The lowest BCUT2D eigenvalue weighted by atomic mass is 10.1. The highest BCUT2D eigenvalue weighted by molar-refractivity contribution is 6.06. The first kappa shape index (κ1) is 22.9. The smallest absolute Gasteiger partial charge is 0.286 e. The number of anilines is 2. The predicted molar refractivity (Wildman–Crippen MR) is 148 cm³/mol. The molecule has 184 valence electrons. The topological polar surface area (TPSA) is 55.4 Å². The molecule has 0 aliphatic carbocycles. The molecular weight excluding hydrogens is 460 g/mol. The van der Waals surface area contributed by atoms with Crippen molar-refractivity contribution in [3.63, 3.8) is 0 Å². The van der Waals surface area contributed by atoms with Gasteiger partial charge in [-0.1, -0.05) is 54.6 Å². The molecule has 0 atom stereocenters. The van der Waals surface area contributed by atoms with E-state index >= 15 is 0 Å². The lowest BCUT2D eigenvalue weighted by molar-refractivity contribution is -0.667. The summed E-state index contributed by atoms with van der Waals surface area (Å²) in [6.07, 6.45) is 4.00. The van der Waals surface area contributed by atoms with Gasteiger partial charge in [0.25, 0.3) is 5.82 Å². The number of hydrogen-bond donors (Lipinski definition) is 0. The molecule has 37 heavy (non-hydrogen) atoms. The van der Waals surface area contributed by atoms with Crippen molar-refractivity contribution in [1.82, 2.24) is 4.57 Å². The zero-order chi connectivity index (χ0) is 25.7. The van der Waals surface area contributed by atoms with Crippen molar-refractivity contribution >= 4 is 56.0 Å². The van der Waals surface area contributed by atoms with Gasteiger partial charge >= 0.3 is 0 Å². The Kier molecular flexibility index (Phi) is 5.45. The molecule has 6 nitrogen and oxygen atoms in total. The van der Waals surface area contributed by atoms with Crippen molar-refractivity contribution in [3.8, 4) is 0 Å². The second-order valence-electron chi connectivity index (χ2n) is 9.33. The Hall–Kier alpha value is -4.58. The number of hydrogen-bond acceptors (Lipinski definition) is 4. The Morgan fingerprint density at radius 2 is 1.62 bits per heavy atom. The third kappa shape index (κ3) is 3.48. The molecule has 4 aromatic carbocycles. The van der Waals surface area contributed by atoms with Crippen molar-refractivity contribution in [1.29, 1.82) is 0 Å². The number of rotatable bonds is 6. The van der Waals surface area contributed by atoms with E-state index in [9.17, 15) is 9.90 Å². The molecule has 2 heterocycles. The molecule has 0 saturated carbocycles.